The molecule has 84 valence electrons. The van der Waals surface area contributed by atoms with Crippen molar-refractivity contribution in [2.75, 3.05) is 19.6 Å². The number of rotatable bonds is 3. The molecule has 2 atom stereocenters. The van der Waals surface area contributed by atoms with Crippen LogP contribution in [0.2, 0.25) is 0 Å². The molecule has 0 aromatic carbocycles. The van der Waals surface area contributed by atoms with Crippen molar-refractivity contribution in [3.8, 4) is 0 Å². The summed E-state index contributed by atoms with van der Waals surface area (Å²) in [6.45, 7) is 2.26. The molecule has 0 bridgehead atoms. The molecule has 16 heavy (non-hydrogen) atoms. The molecule has 0 unspecified atom stereocenters. The van der Waals surface area contributed by atoms with E-state index >= 15 is 0 Å². The second-order valence-electron chi connectivity index (χ2n) is 4.60. The van der Waals surface area contributed by atoms with E-state index in [0.717, 1.165) is 25.9 Å². The van der Waals surface area contributed by atoms with Crippen molar-refractivity contribution in [1.82, 2.24) is 10.2 Å². The second-order valence-corrected chi connectivity index (χ2v) is 4.60. The summed E-state index contributed by atoms with van der Waals surface area (Å²) in [5, 5.41) is 7.19. The highest BCUT2D eigenvalue weighted by atomic mass is 16.2. The number of carbonyl (C=O) groups excluding carboxylic acids is 1. The van der Waals surface area contributed by atoms with E-state index in [1.807, 2.05) is 4.90 Å². The molecule has 6 nitrogen and oxygen atoms in total. The van der Waals surface area contributed by atoms with Crippen molar-refractivity contribution in [3.63, 3.8) is 0 Å². The Morgan fingerprint density at radius 2 is 2.38 bits per heavy atom. The van der Waals surface area contributed by atoms with Crippen LogP contribution in [-0.4, -0.2) is 42.5 Å². The van der Waals surface area contributed by atoms with Crippen molar-refractivity contribution < 1.29 is 4.79 Å². The zero-order valence-electron chi connectivity index (χ0n) is 8.89. The number of hydrogen-bond donors (Lipinski definition) is 1. The highest BCUT2D eigenvalue weighted by Gasteiger charge is 2.38. The van der Waals surface area contributed by atoms with Gasteiger partial charge in [0.25, 0.3) is 0 Å². The fraction of sp³-hybridized carbons (Fsp3) is 0.700. The van der Waals surface area contributed by atoms with Gasteiger partial charge in [0.1, 0.15) is 0 Å². The molecule has 0 aromatic heterocycles. The molecular weight excluding hydrogens is 206 g/mol. The lowest BCUT2D eigenvalue weighted by Crippen LogP contribution is -2.33. The van der Waals surface area contributed by atoms with Gasteiger partial charge in [0.15, 0.2) is 0 Å². The monoisotopic (exact) mass is 219 g/mol. The summed E-state index contributed by atoms with van der Waals surface area (Å²) >= 11 is 0. The lowest BCUT2D eigenvalue weighted by molar-refractivity contribution is -0.113. The van der Waals surface area contributed by atoms with Gasteiger partial charge in [-0.05, 0) is 18.4 Å². The van der Waals surface area contributed by atoms with Gasteiger partial charge in [-0.1, -0.05) is 16.3 Å². The van der Waals surface area contributed by atoms with E-state index in [4.69, 9.17) is 5.53 Å². The molecule has 0 spiro atoms. The SMILES string of the molecule is [N-]=[N+]=N[C@H]1CC2=C(C1)[C@@H](CN1CC1=O)NC2. The van der Waals surface area contributed by atoms with Crippen LogP contribution in [0.25, 0.3) is 10.4 Å². The van der Waals surface area contributed by atoms with Crippen molar-refractivity contribution >= 4 is 5.91 Å². The predicted octanol–water partition coefficient (Wildman–Crippen LogP) is 0.570. The number of nitrogens with one attached hydrogen (secondary N) is 1. The Morgan fingerprint density at radius 3 is 3.06 bits per heavy atom. The zero-order chi connectivity index (χ0) is 11.1. The lowest BCUT2D eigenvalue weighted by Gasteiger charge is -2.16. The van der Waals surface area contributed by atoms with Gasteiger partial charge >= 0.3 is 0 Å². The second kappa shape index (κ2) is 3.50. The summed E-state index contributed by atoms with van der Waals surface area (Å²) in [6, 6.07) is 0.393. The Labute approximate surface area is 92.9 Å². The summed E-state index contributed by atoms with van der Waals surface area (Å²) in [4.78, 5) is 15.7. The Bertz CT molecular complexity index is 423. The maximum Gasteiger partial charge on any atom is 0.242 e. The average molecular weight is 219 g/mol. The molecule has 0 saturated carbocycles. The van der Waals surface area contributed by atoms with E-state index in [1.165, 1.54) is 11.1 Å². The first-order chi connectivity index (χ1) is 7.78. The van der Waals surface area contributed by atoms with Crippen LogP contribution in [0, 0.1) is 0 Å². The minimum absolute atomic E-state index is 0.101. The van der Waals surface area contributed by atoms with Gasteiger partial charge in [-0.15, -0.1) is 0 Å². The van der Waals surface area contributed by atoms with E-state index in [2.05, 4.69) is 15.3 Å². The first-order valence-electron chi connectivity index (χ1n) is 5.54. The van der Waals surface area contributed by atoms with Gasteiger partial charge in [0.05, 0.1) is 6.54 Å². The molecule has 1 amide bonds. The molecule has 6 heteroatoms. The average Bonchev–Trinajstić information content (AvgIpc) is 2.67. The summed E-state index contributed by atoms with van der Waals surface area (Å²) < 4.78 is 0. The number of amides is 1. The molecule has 1 fully saturated rings. The normalized spacial score (nSPS) is 31.8. The Balaban J connectivity index is 1.66. The van der Waals surface area contributed by atoms with Crippen molar-refractivity contribution in [3.05, 3.63) is 21.6 Å². The van der Waals surface area contributed by atoms with Gasteiger partial charge in [-0.2, -0.15) is 0 Å². The highest BCUT2D eigenvalue weighted by Crippen LogP contribution is 2.35. The quantitative estimate of drug-likeness (QED) is 0.247. The third-order valence-corrected chi connectivity index (χ3v) is 3.57. The summed E-state index contributed by atoms with van der Waals surface area (Å²) in [5.74, 6) is 0.237. The van der Waals surface area contributed by atoms with Gasteiger partial charge in [0.2, 0.25) is 5.91 Å². The third-order valence-electron chi connectivity index (χ3n) is 3.57. The molecule has 3 rings (SSSR count). The van der Waals surface area contributed by atoms with Crippen LogP contribution in [0.15, 0.2) is 16.3 Å². The van der Waals surface area contributed by atoms with Crippen LogP contribution in [0.1, 0.15) is 12.8 Å². The molecule has 1 N–H and O–H groups in total. The van der Waals surface area contributed by atoms with Gasteiger partial charge in [-0.25, -0.2) is 0 Å². The van der Waals surface area contributed by atoms with Crippen LogP contribution in [0.5, 0.6) is 0 Å². The first kappa shape index (κ1) is 9.69. The fourth-order valence-electron chi connectivity index (χ4n) is 2.67. The maximum atomic E-state index is 10.9. The first-order valence-corrected chi connectivity index (χ1v) is 5.54. The van der Waals surface area contributed by atoms with Crippen molar-refractivity contribution in [2.45, 2.75) is 24.9 Å². The number of carbonyl (C=O) groups is 1. The van der Waals surface area contributed by atoms with Gasteiger partial charge in [-0.3, -0.25) is 4.79 Å². The van der Waals surface area contributed by atoms with Gasteiger partial charge < -0.3 is 10.2 Å². The van der Waals surface area contributed by atoms with Crippen LogP contribution in [0.4, 0.5) is 0 Å². The summed E-state index contributed by atoms with van der Waals surface area (Å²) in [5.41, 5.74) is 11.2. The Hall–Kier alpha value is -1.52. The Kier molecular flexibility index (Phi) is 2.12. The minimum atomic E-state index is 0.101. The van der Waals surface area contributed by atoms with Crippen LogP contribution in [0.3, 0.4) is 0 Å². The van der Waals surface area contributed by atoms with E-state index in [1.54, 1.807) is 0 Å². The zero-order valence-corrected chi connectivity index (χ0v) is 8.89. The molecular formula is C10H13N5O. The molecule has 2 aliphatic heterocycles. The largest absolute Gasteiger partial charge is 0.330 e. The molecule has 0 radical (unpaired) electrons. The molecule has 1 saturated heterocycles. The van der Waals surface area contributed by atoms with Crippen LogP contribution < -0.4 is 5.32 Å². The van der Waals surface area contributed by atoms with E-state index < -0.39 is 0 Å². The highest BCUT2D eigenvalue weighted by molar-refractivity contribution is 5.92. The summed E-state index contributed by atoms with van der Waals surface area (Å²) in [7, 11) is 0. The molecule has 0 aromatic rings. The van der Waals surface area contributed by atoms with Crippen LogP contribution in [-0.2, 0) is 4.79 Å². The number of azide groups is 1. The maximum absolute atomic E-state index is 10.9. The lowest BCUT2D eigenvalue weighted by atomic mass is 10.1. The summed E-state index contributed by atoms with van der Waals surface area (Å²) in [6.07, 6.45) is 1.75. The minimum Gasteiger partial charge on any atom is -0.330 e. The van der Waals surface area contributed by atoms with Gasteiger partial charge in [0, 0.05) is 30.1 Å². The molecule has 2 heterocycles. The predicted molar refractivity (Wildman–Crippen MR) is 57.6 cm³/mol. The number of nitrogens with zero attached hydrogens (tertiary/aromatic N) is 4. The number of hydrogen-bond acceptors (Lipinski definition) is 3. The van der Waals surface area contributed by atoms with E-state index in [-0.39, 0.29) is 11.9 Å². The molecule has 1 aliphatic carbocycles. The van der Waals surface area contributed by atoms with Crippen molar-refractivity contribution in [1.29, 1.82) is 0 Å². The Morgan fingerprint density at radius 1 is 1.56 bits per heavy atom. The van der Waals surface area contributed by atoms with E-state index in [9.17, 15) is 4.79 Å². The fourth-order valence-corrected chi connectivity index (χ4v) is 2.67. The van der Waals surface area contributed by atoms with Crippen molar-refractivity contribution in [2.24, 2.45) is 5.11 Å². The smallest absolute Gasteiger partial charge is 0.242 e. The van der Waals surface area contributed by atoms with E-state index in [0.29, 0.717) is 12.6 Å². The topological polar surface area (TPSA) is 80.9 Å². The standard InChI is InChI=1S/C10H13N5O/c11-14-13-7-1-6-3-12-9(8(6)2-7)4-15-5-10(15)16/h7,9,12H,1-5H2/t7-,9+,15?/m0/s1. The molecule has 3 aliphatic rings. The van der Waals surface area contributed by atoms with Crippen LogP contribution >= 0.6 is 0 Å². The third kappa shape index (κ3) is 1.56.